The largest absolute Gasteiger partial charge is 0.342 e. The molecule has 0 aliphatic carbocycles. The lowest BCUT2D eigenvalue weighted by molar-refractivity contribution is -0.119. The van der Waals surface area contributed by atoms with Crippen LogP contribution in [0.4, 0.5) is 5.95 Å². The van der Waals surface area contributed by atoms with Gasteiger partial charge in [-0.2, -0.15) is 0 Å². The summed E-state index contributed by atoms with van der Waals surface area (Å²) in [7, 11) is -1.21. The van der Waals surface area contributed by atoms with E-state index in [1.54, 1.807) is 21.7 Å². The van der Waals surface area contributed by atoms with Crippen LogP contribution in [0.25, 0.3) is 0 Å². The third-order valence-electron chi connectivity index (χ3n) is 4.71. The second-order valence-electron chi connectivity index (χ2n) is 6.37. The number of anilines is 1. The Labute approximate surface area is 146 Å². The molecule has 0 bridgehead atoms. The number of hydrogen-bond acceptors (Lipinski definition) is 7. The Balaban J connectivity index is 1.64. The van der Waals surface area contributed by atoms with Gasteiger partial charge < -0.3 is 14.7 Å². The first-order valence-corrected chi connectivity index (χ1v) is 9.96. The number of sulfone groups is 1. The molecular weight excluding hydrogens is 346 g/mol. The number of amides is 2. The van der Waals surface area contributed by atoms with Gasteiger partial charge in [0.1, 0.15) is 0 Å². The van der Waals surface area contributed by atoms with Crippen LogP contribution in [0, 0.1) is 0 Å². The Hall–Kier alpha value is -2.23. The Bertz CT molecular complexity index is 744. The van der Waals surface area contributed by atoms with Gasteiger partial charge in [0.2, 0.25) is 12.4 Å². The number of rotatable bonds is 4. The second kappa shape index (κ2) is 6.95. The van der Waals surface area contributed by atoms with E-state index in [-0.39, 0.29) is 23.5 Å². The lowest BCUT2D eigenvalue weighted by atomic mass is 10.2. The maximum atomic E-state index is 12.5. The van der Waals surface area contributed by atoms with Crippen LogP contribution in [0.5, 0.6) is 0 Å². The third kappa shape index (κ3) is 3.89. The zero-order chi connectivity index (χ0) is 18.0. The van der Waals surface area contributed by atoms with Crippen LogP contribution < -0.4 is 4.90 Å². The van der Waals surface area contributed by atoms with E-state index in [1.165, 1.54) is 12.4 Å². The highest BCUT2D eigenvalue weighted by atomic mass is 32.2. The summed E-state index contributed by atoms with van der Waals surface area (Å²) in [5, 5.41) is 0. The van der Waals surface area contributed by atoms with E-state index >= 15 is 0 Å². The van der Waals surface area contributed by atoms with Crippen molar-refractivity contribution in [3.05, 3.63) is 18.0 Å². The summed E-state index contributed by atoms with van der Waals surface area (Å²) in [6, 6.07) is -0.136. The van der Waals surface area contributed by atoms with Crippen LogP contribution in [0.1, 0.15) is 16.8 Å². The average Bonchev–Trinajstić information content (AvgIpc) is 3.00. The standard InChI is InChI=1S/C15H21N5O4S/c1-18(13-2-7-25(23,24)10-13)15-16-8-12(9-17-15)14(22)20-5-3-19(11-21)4-6-20/h8-9,11,13H,2-7,10H2,1H3. The molecule has 2 aliphatic rings. The van der Waals surface area contributed by atoms with Crippen molar-refractivity contribution in [2.75, 3.05) is 49.6 Å². The quantitative estimate of drug-likeness (QED) is 0.630. The first kappa shape index (κ1) is 17.6. The van der Waals surface area contributed by atoms with E-state index in [4.69, 9.17) is 0 Å². The molecule has 1 aromatic heterocycles. The zero-order valence-corrected chi connectivity index (χ0v) is 14.9. The van der Waals surface area contributed by atoms with Crippen molar-refractivity contribution < 1.29 is 18.0 Å². The second-order valence-corrected chi connectivity index (χ2v) is 8.60. The predicted molar refractivity (Wildman–Crippen MR) is 91.0 cm³/mol. The molecule has 2 fully saturated rings. The topological polar surface area (TPSA) is 104 Å². The van der Waals surface area contributed by atoms with E-state index in [0.717, 1.165) is 6.41 Å². The maximum Gasteiger partial charge on any atom is 0.257 e. The van der Waals surface area contributed by atoms with E-state index in [0.29, 0.717) is 44.1 Å². The van der Waals surface area contributed by atoms with E-state index in [2.05, 4.69) is 9.97 Å². The van der Waals surface area contributed by atoms with Gasteiger partial charge in [-0.15, -0.1) is 0 Å². The minimum atomic E-state index is -2.98. The van der Waals surface area contributed by atoms with Crippen LogP contribution in [0.15, 0.2) is 12.4 Å². The van der Waals surface area contributed by atoms with Crippen molar-refractivity contribution in [1.29, 1.82) is 0 Å². The minimum Gasteiger partial charge on any atom is -0.342 e. The first-order chi connectivity index (χ1) is 11.9. The molecule has 3 heterocycles. The number of nitrogens with zero attached hydrogens (tertiary/aromatic N) is 5. The Morgan fingerprint density at radius 2 is 1.88 bits per heavy atom. The molecule has 10 heteroatoms. The van der Waals surface area contributed by atoms with Crippen LogP contribution >= 0.6 is 0 Å². The first-order valence-electron chi connectivity index (χ1n) is 8.13. The van der Waals surface area contributed by atoms with Gasteiger partial charge in [0.15, 0.2) is 9.84 Å². The van der Waals surface area contributed by atoms with Crippen molar-refractivity contribution in [2.45, 2.75) is 12.5 Å². The van der Waals surface area contributed by atoms with Gasteiger partial charge in [-0.05, 0) is 6.42 Å². The highest BCUT2D eigenvalue weighted by Gasteiger charge is 2.32. The fraction of sp³-hybridized carbons (Fsp3) is 0.600. The summed E-state index contributed by atoms with van der Waals surface area (Å²) >= 11 is 0. The van der Waals surface area contributed by atoms with Crippen molar-refractivity contribution in [1.82, 2.24) is 19.8 Å². The summed E-state index contributed by atoms with van der Waals surface area (Å²) in [5.41, 5.74) is 0.385. The molecule has 1 aromatic rings. The van der Waals surface area contributed by atoms with Crippen molar-refractivity contribution >= 4 is 28.1 Å². The molecule has 3 rings (SSSR count). The summed E-state index contributed by atoms with van der Waals surface area (Å²) in [6.45, 7) is 2.01. The summed E-state index contributed by atoms with van der Waals surface area (Å²) in [4.78, 5) is 36.7. The molecule has 2 amide bonds. The summed E-state index contributed by atoms with van der Waals surface area (Å²) < 4.78 is 23.2. The van der Waals surface area contributed by atoms with E-state index < -0.39 is 9.84 Å². The monoisotopic (exact) mass is 367 g/mol. The van der Waals surface area contributed by atoms with Crippen molar-refractivity contribution in [2.24, 2.45) is 0 Å². The molecule has 2 aliphatic heterocycles. The molecule has 9 nitrogen and oxygen atoms in total. The van der Waals surface area contributed by atoms with Crippen LogP contribution in [0.3, 0.4) is 0 Å². The van der Waals surface area contributed by atoms with Gasteiger partial charge in [-0.1, -0.05) is 0 Å². The van der Waals surface area contributed by atoms with Gasteiger partial charge >= 0.3 is 0 Å². The molecule has 0 N–H and O–H groups in total. The van der Waals surface area contributed by atoms with Gasteiger partial charge in [-0.25, -0.2) is 18.4 Å². The van der Waals surface area contributed by atoms with Gasteiger partial charge in [0.05, 0.1) is 17.1 Å². The highest BCUT2D eigenvalue weighted by molar-refractivity contribution is 7.91. The molecular formula is C15H21N5O4S. The fourth-order valence-corrected chi connectivity index (χ4v) is 4.85. The average molecular weight is 367 g/mol. The maximum absolute atomic E-state index is 12.5. The molecule has 1 atom stereocenters. The van der Waals surface area contributed by atoms with Crippen molar-refractivity contribution in [3.8, 4) is 0 Å². The molecule has 0 radical (unpaired) electrons. The molecule has 25 heavy (non-hydrogen) atoms. The number of hydrogen-bond donors (Lipinski definition) is 0. The Morgan fingerprint density at radius 3 is 2.40 bits per heavy atom. The molecule has 136 valence electrons. The van der Waals surface area contributed by atoms with Gasteiger partial charge in [0.25, 0.3) is 5.91 Å². The Kier molecular flexibility index (Phi) is 4.89. The summed E-state index contributed by atoms with van der Waals surface area (Å²) in [6.07, 6.45) is 4.29. The van der Waals surface area contributed by atoms with Crippen molar-refractivity contribution in [3.63, 3.8) is 0 Å². The lowest BCUT2D eigenvalue weighted by Gasteiger charge is -2.32. The van der Waals surface area contributed by atoms with Gasteiger partial charge in [0, 0.05) is 51.7 Å². The SMILES string of the molecule is CN(c1ncc(C(=O)N2CCN(C=O)CC2)cn1)C1CCS(=O)(=O)C1. The molecule has 1 unspecified atom stereocenters. The van der Waals surface area contributed by atoms with Crippen LogP contribution in [0.2, 0.25) is 0 Å². The zero-order valence-electron chi connectivity index (χ0n) is 14.0. The van der Waals surface area contributed by atoms with E-state index in [1.807, 2.05) is 0 Å². The van der Waals surface area contributed by atoms with E-state index in [9.17, 15) is 18.0 Å². The third-order valence-corrected chi connectivity index (χ3v) is 6.46. The molecule has 0 saturated carbocycles. The number of piperazine rings is 1. The lowest BCUT2D eigenvalue weighted by Crippen LogP contribution is -2.48. The summed E-state index contributed by atoms with van der Waals surface area (Å²) in [5.74, 6) is 0.535. The van der Waals surface area contributed by atoms with Crippen LogP contribution in [-0.4, -0.2) is 91.3 Å². The number of carbonyl (C=O) groups is 2. The fourth-order valence-electron chi connectivity index (χ4n) is 3.07. The minimum absolute atomic E-state index is 0.106. The normalized spacial score (nSPS) is 22.7. The molecule has 0 aromatic carbocycles. The number of aromatic nitrogens is 2. The van der Waals surface area contributed by atoms with Crippen LogP contribution in [-0.2, 0) is 14.6 Å². The highest BCUT2D eigenvalue weighted by Crippen LogP contribution is 2.20. The Morgan fingerprint density at radius 1 is 1.24 bits per heavy atom. The van der Waals surface area contributed by atoms with Gasteiger partial charge in [-0.3, -0.25) is 9.59 Å². The molecule has 0 spiro atoms. The smallest absolute Gasteiger partial charge is 0.257 e. The number of carbonyl (C=O) groups excluding carboxylic acids is 2. The molecule has 2 saturated heterocycles. The predicted octanol–water partition coefficient (Wildman–Crippen LogP) is -0.986.